The number of carbonyl (C=O) groups is 1. The third-order valence-electron chi connectivity index (χ3n) is 4.30. The minimum absolute atomic E-state index is 0.0846. The van der Waals surface area contributed by atoms with E-state index >= 15 is 0 Å². The average Bonchev–Trinajstić information content (AvgIpc) is 2.55. The summed E-state index contributed by atoms with van der Waals surface area (Å²) in [4.78, 5) is 16.8. The van der Waals surface area contributed by atoms with Gasteiger partial charge in [-0.3, -0.25) is 9.69 Å². The third kappa shape index (κ3) is 4.21. The first-order valence-electron chi connectivity index (χ1n) is 7.94. The molecule has 2 rings (SSSR count). The van der Waals surface area contributed by atoms with Crippen molar-refractivity contribution in [1.29, 1.82) is 0 Å². The van der Waals surface area contributed by atoms with E-state index in [2.05, 4.69) is 46.3 Å². The summed E-state index contributed by atoms with van der Waals surface area (Å²) in [6.45, 7) is 8.99. The van der Waals surface area contributed by atoms with Crippen LogP contribution < -0.4 is 10.2 Å². The second-order valence-corrected chi connectivity index (χ2v) is 5.77. The van der Waals surface area contributed by atoms with Crippen molar-refractivity contribution >= 4 is 11.6 Å². The Hall–Kier alpha value is -1.59. The Morgan fingerprint density at radius 3 is 2.59 bits per heavy atom. The molecule has 1 amide bonds. The molecule has 0 spiro atoms. The van der Waals surface area contributed by atoms with Gasteiger partial charge in [-0.15, -0.1) is 0 Å². The van der Waals surface area contributed by atoms with Gasteiger partial charge in [0.1, 0.15) is 0 Å². The van der Waals surface area contributed by atoms with Gasteiger partial charge in [0, 0.05) is 45.5 Å². The zero-order valence-electron chi connectivity index (χ0n) is 13.8. The first-order chi connectivity index (χ1) is 10.6. The third-order valence-corrected chi connectivity index (χ3v) is 4.30. The number of aryl methyl sites for hydroxylation is 1. The van der Waals surface area contributed by atoms with Gasteiger partial charge in [-0.2, -0.15) is 0 Å². The Bertz CT molecular complexity index is 485. The van der Waals surface area contributed by atoms with Crippen molar-refractivity contribution in [2.45, 2.75) is 19.9 Å². The van der Waals surface area contributed by atoms with Gasteiger partial charge < -0.3 is 15.0 Å². The Labute approximate surface area is 133 Å². The van der Waals surface area contributed by atoms with Crippen molar-refractivity contribution in [3.05, 3.63) is 29.8 Å². The van der Waals surface area contributed by atoms with Gasteiger partial charge in [-0.05, 0) is 25.5 Å². The van der Waals surface area contributed by atoms with Crippen LogP contribution in [0.25, 0.3) is 0 Å². The van der Waals surface area contributed by atoms with E-state index in [1.54, 1.807) is 7.11 Å². The lowest BCUT2D eigenvalue weighted by Crippen LogP contribution is -2.54. The van der Waals surface area contributed by atoms with Gasteiger partial charge in [-0.25, -0.2) is 0 Å². The summed E-state index contributed by atoms with van der Waals surface area (Å²) in [6, 6.07) is 8.39. The monoisotopic (exact) mass is 305 g/mol. The van der Waals surface area contributed by atoms with Crippen LogP contribution in [0.5, 0.6) is 0 Å². The smallest absolute Gasteiger partial charge is 0.237 e. The molecule has 0 aromatic heterocycles. The predicted octanol–water partition coefficient (Wildman–Crippen LogP) is 1.27. The van der Waals surface area contributed by atoms with Crippen LogP contribution in [-0.4, -0.2) is 63.3 Å². The second-order valence-electron chi connectivity index (χ2n) is 5.77. The van der Waals surface area contributed by atoms with Gasteiger partial charge in [0.05, 0.1) is 12.6 Å². The number of nitrogens with zero attached hydrogens (tertiary/aromatic N) is 2. The molecular formula is C17H27N3O2. The number of piperazine rings is 1. The number of amides is 1. The number of benzene rings is 1. The fourth-order valence-corrected chi connectivity index (χ4v) is 2.86. The summed E-state index contributed by atoms with van der Waals surface area (Å²) in [7, 11) is 1.64. The van der Waals surface area contributed by atoms with E-state index in [0.717, 1.165) is 26.2 Å². The molecule has 0 radical (unpaired) electrons. The lowest BCUT2D eigenvalue weighted by Gasteiger charge is -2.39. The molecule has 0 saturated carbocycles. The quantitative estimate of drug-likeness (QED) is 0.804. The van der Waals surface area contributed by atoms with E-state index in [9.17, 15) is 4.79 Å². The molecule has 1 aliphatic heterocycles. The predicted molar refractivity (Wildman–Crippen MR) is 89.3 cm³/mol. The van der Waals surface area contributed by atoms with Crippen LogP contribution >= 0.6 is 0 Å². The summed E-state index contributed by atoms with van der Waals surface area (Å²) in [6.07, 6.45) is 0. The lowest BCUT2D eigenvalue weighted by atomic mass is 10.1. The van der Waals surface area contributed by atoms with Crippen LogP contribution in [0.2, 0.25) is 0 Å². The van der Waals surface area contributed by atoms with E-state index in [0.29, 0.717) is 13.2 Å². The van der Waals surface area contributed by atoms with Crippen molar-refractivity contribution in [2.24, 2.45) is 0 Å². The average molecular weight is 305 g/mol. The number of nitrogens with one attached hydrogen (secondary N) is 1. The molecular weight excluding hydrogens is 278 g/mol. The molecule has 122 valence electrons. The standard InChI is InChI=1S/C17H27N3O2/c1-14-6-4-5-7-16(14)20-11-9-19(10-12-20)15(2)17(21)18-8-13-22-3/h4-7,15H,8-13H2,1-3H3,(H,18,21). The molecule has 1 aliphatic rings. The summed E-state index contributed by atoms with van der Waals surface area (Å²) in [5, 5.41) is 2.91. The number of ether oxygens (including phenoxy) is 1. The van der Waals surface area contributed by atoms with Crippen molar-refractivity contribution in [3.8, 4) is 0 Å². The van der Waals surface area contributed by atoms with Gasteiger partial charge in [-0.1, -0.05) is 18.2 Å². The van der Waals surface area contributed by atoms with Crippen LogP contribution in [0.3, 0.4) is 0 Å². The Balaban J connectivity index is 1.84. The lowest BCUT2D eigenvalue weighted by molar-refractivity contribution is -0.126. The van der Waals surface area contributed by atoms with Crippen LogP contribution in [0.15, 0.2) is 24.3 Å². The van der Waals surface area contributed by atoms with Gasteiger partial charge >= 0.3 is 0 Å². The molecule has 1 heterocycles. The Kier molecular flexibility index (Phi) is 6.21. The Morgan fingerprint density at radius 1 is 1.27 bits per heavy atom. The normalized spacial score (nSPS) is 17.3. The summed E-state index contributed by atoms with van der Waals surface area (Å²) in [5.41, 5.74) is 2.61. The van der Waals surface area contributed by atoms with Crippen molar-refractivity contribution < 1.29 is 9.53 Å². The number of hydrogen-bond donors (Lipinski definition) is 1. The molecule has 1 aromatic carbocycles. The summed E-state index contributed by atoms with van der Waals surface area (Å²) < 4.78 is 4.96. The fourth-order valence-electron chi connectivity index (χ4n) is 2.86. The van der Waals surface area contributed by atoms with Crippen LogP contribution in [-0.2, 0) is 9.53 Å². The summed E-state index contributed by atoms with van der Waals surface area (Å²) in [5.74, 6) is 0.0846. The van der Waals surface area contributed by atoms with Crippen molar-refractivity contribution in [3.63, 3.8) is 0 Å². The van der Waals surface area contributed by atoms with Gasteiger partial charge in [0.2, 0.25) is 5.91 Å². The van der Waals surface area contributed by atoms with E-state index < -0.39 is 0 Å². The number of anilines is 1. The second kappa shape index (κ2) is 8.15. The highest BCUT2D eigenvalue weighted by atomic mass is 16.5. The molecule has 5 heteroatoms. The molecule has 1 unspecified atom stereocenters. The Morgan fingerprint density at radius 2 is 1.95 bits per heavy atom. The number of rotatable bonds is 6. The number of hydrogen-bond acceptors (Lipinski definition) is 4. The molecule has 1 atom stereocenters. The maximum Gasteiger partial charge on any atom is 0.237 e. The zero-order valence-corrected chi connectivity index (χ0v) is 13.8. The van der Waals surface area contributed by atoms with Crippen LogP contribution in [0.1, 0.15) is 12.5 Å². The molecule has 0 bridgehead atoms. The molecule has 22 heavy (non-hydrogen) atoms. The largest absolute Gasteiger partial charge is 0.383 e. The SMILES string of the molecule is COCCNC(=O)C(C)N1CCN(c2ccccc2C)CC1. The van der Waals surface area contributed by atoms with Crippen LogP contribution in [0.4, 0.5) is 5.69 Å². The molecule has 1 aromatic rings. The van der Waals surface area contributed by atoms with E-state index in [1.165, 1.54) is 11.3 Å². The maximum atomic E-state index is 12.1. The highest BCUT2D eigenvalue weighted by molar-refractivity contribution is 5.81. The number of methoxy groups -OCH3 is 1. The fraction of sp³-hybridized carbons (Fsp3) is 0.588. The molecule has 0 aliphatic carbocycles. The van der Waals surface area contributed by atoms with Crippen molar-refractivity contribution in [1.82, 2.24) is 10.2 Å². The maximum absolute atomic E-state index is 12.1. The minimum atomic E-state index is -0.0872. The minimum Gasteiger partial charge on any atom is -0.383 e. The molecule has 5 nitrogen and oxygen atoms in total. The topological polar surface area (TPSA) is 44.8 Å². The molecule has 1 N–H and O–H groups in total. The van der Waals surface area contributed by atoms with E-state index in [4.69, 9.17) is 4.74 Å². The number of carbonyl (C=O) groups excluding carboxylic acids is 1. The summed E-state index contributed by atoms with van der Waals surface area (Å²) >= 11 is 0. The number of para-hydroxylation sites is 1. The zero-order chi connectivity index (χ0) is 15.9. The molecule has 1 saturated heterocycles. The van der Waals surface area contributed by atoms with E-state index in [-0.39, 0.29) is 11.9 Å². The molecule has 1 fully saturated rings. The van der Waals surface area contributed by atoms with E-state index in [1.807, 2.05) is 6.92 Å². The van der Waals surface area contributed by atoms with Gasteiger partial charge in [0.25, 0.3) is 0 Å². The van der Waals surface area contributed by atoms with Gasteiger partial charge in [0.15, 0.2) is 0 Å². The van der Waals surface area contributed by atoms with Crippen molar-refractivity contribution in [2.75, 3.05) is 51.3 Å². The first kappa shape index (κ1) is 16.8. The van der Waals surface area contributed by atoms with Crippen LogP contribution in [0, 0.1) is 6.92 Å². The highest BCUT2D eigenvalue weighted by Gasteiger charge is 2.25. The first-order valence-corrected chi connectivity index (χ1v) is 7.94. The highest BCUT2D eigenvalue weighted by Crippen LogP contribution is 2.21.